The average molecular weight is 310 g/mol. The number of rotatable bonds is 4. The first-order chi connectivity index (χ1) is 10.0. The molecule has 0 aliphatic carbocycles. The Kier molecular flexibility index (Phi) is 4.37. The fourth-order valence-electron chi connectivity index (χ4n) is 1.86. The number of methoxy groups -OCH3 is 1. The van der Waals surface area contributed by atoms with Crippen molar-refractivity contribution in [1.29, 1.82) is 0 Å². The highest BCUT2D eigenvalue weighted by atomic mass is 32.1. The van der Waals surface area contributed by atoms with Crippen molar-refractivity contribution in [3.63, 3.8) is 0 Å². The van der Waals surface area contributed by atoms with Crippen molar-refractivity contribution in [2.45, 2.75) is 19.9 Å². The second kappa shape index (κ2) is 6.04. The molecule has 0 bridgehead atoms. The molecule has 7 nitrogen and oxygen atoms in total. The van der Waals surface area contributed by atoms with Crippen LogP contribution in [-0.2, 0) is 14.3 Å². The Hall–Kier alpha value is -2.22. The van der Waals surface area contributed by atoms with Crippen molar-refractivity contribution in [1.82, 2.24) is 9.55 Å². The van der Waals surface area contributed by atoms with Crippen LogP contribution in [0.3, 0.4) is 0 Å². The van der Waals surface area contributed by atoms with Crippen LogP contribution in [0.5, 0.6) is 0 Å². The molecule has 0 radical (unpaired) electrons. The van der Waals surface area contributed by atoms with Crippen molar-refractivity contribution in [3.05, 3.63) is 27.6 Å². The minimum Gasteiger partial charge on any atom is -0.467 e. The third kappa shape index (κ3) is 2.66. The molecule has 2 heterocycles. The lowest BCUT2D eigenvalue weighted by Crippen LogP contribution is -2.29. The van der Waals surface area contributed by atoms with Crippen LogP contribution in [0, 0.1) is 0 Å². The maximum absolute atomic E-state index is 12.5. The molecule has 1 atom stereocenters. The highest BCUT2D eigenvalue weighted by molar-refractivity contribution is 7.17. The van der Waals surface area contributed by atoms with Gasteiger partial charge in [-0.2, -0.15) is 0 Å². The van der Waals surface area contributed by atoms with Crippen LogP contribution in [0.25, 0.3) is 10.2 Å². The van der Waals surface area contributed by atoms with Gasteiger partial charge in [-0.05, 0) is 13.8 Å². The van der Waals surface area contributed by atoms with Crippen molar-refractivity contribution in [3.8, 4) is 0 Å². The number of carbonyl (C=O) groups excluding carboxylic acids is 2. The second-order valence-electron chi connectivity index (χ2n) is 4.21. The van der Waals surface area contributed by atoms with E-state index in [9.17, 15) is 14.4 Å². The number of fused-ring (bicyclic) bond motifs is 1. The van der Waals surface area contributed by atoms with E-state index in [4.69, 9.17) is 4.74 Å². The molecule has 0 N–H and O–H groups in total. The molecule has 112 valence electrons. The molecular formula is C13H14N2O5S. The first kappa shape index (κ1) is 15.2. The molecule has 0 amide bonds. The summed E-state index contributed by atoms with van der Waals surface area (Å²) in [5, 5.41) is 1.70. The van der Waals surface area contributed by atoms with E-state index in [-0.39, 0.29) is 17.6 Å². The standard InChI is InChI=1S/C13H14N2O5S/c1-4-20-13(18)8-5-21-10-9(8)11(16)15(6-14-10)7(2)12(17)19-3/h5-7H,4H2,1-3H3. The van der Waals surface area contributed by atoms with Gasteiger partial charge in [-0.1, -0.05) is 0 Å². The molecule has 0 aromatic carbocycles. The molecule has 0 aliphatic rings. The first-order valence-corrected chi connectivity index (χ1v) is 7.12. The molecule has 8 heteroatoms. The maximum atomic E-state index is 12.5. The molecule has 0 saturated carbocycles. The normalized spacial score (nSPS) is 12.1. The van der Waals surface area contributed by atoms with Gasteiger partial charge in [0.25, 0.3) is 5.56 Å². The van der Waals surface area contributed by atoms with Crippen LogP contribution in [0.1, 0.15) is 30.2 Å². The van der Waals surface area contributed by atoms with Crippen LogP contribution in [0.15, 0.2) is 16.5 Å². The molecule has 2 aromatic heterocycles. The number of esters is 2. The highest BCUT2D eigenvalue weighted by Crippen LogP contribution is 2.22. The minimum absolute atomic E-state index is 0.164. The molecule has 0 aliphatic heterocycles. The number of aromatic nitrogens is 2. The Balaban J connectivity index is 2.60. The number of ether oxygens (including phenoxy) is 2. The number of hydrogen-bond donors (Lipinski definition) is 0. The second-order valence-corrected chi connectivity index (χ2v) is 5.06. The molecule has 0 spiro atoms. The van der Waals surface area contributed by atoms with E-state index in [1.165, 1.54) is 37.1 Å². The maximum Gasteiger partial charge on any atom is 0.339 e. The lowest BCUT2D eigenvalue weighted by molar-refractivity contribution is -0.144. The van der Waals surface area contributed by atoms with Gasteiger partial charge < -0.3 is 9.47 Å². The SMILES string of the molecule is CCOC(=O)c1csc2ncn(C(C)C(=O)OC)c(=O)c12. The fraction of sp³-hybridized carbons (Fsp3) is 0.385. The minimum atomic E-state index is -0.825. The summed E-state index contributed by atoms with van der Waals surface area (Å²) in [5.41, 5.74) is -0.303. The van der Waals surface area contributed by atoms with E-state index in [0.717, 1.165) is 4.57 Å². The van der Waals surface area contributed by atoms with Gasteiger partial charge in [0, 0.05) is 5.38 Å². The smallest absolute Gasteiger partial charge is 0.339 e. The molecular weight excluding hydrogens is 296 g/mol. The molecule has 2 rings (SSSR count). The van der Waals surface area contributed by atoms with Crippen molar-refractivity contribution in [2.75, 3.05) is 13.7 Å². The zero-order valence-electron chi connectivity index (χ0n) is 11.8. The third-order valence-corrected chi connectivity index (χ3v) is 3.86. The van der Waals surface area contributed by atoms with E-state index in [2.05, 4.69) is 9.72 Å². The summed E-state index contributed by atoms with van der Waals surface area (Å²) in [6.07, 6.45) is 1.28. The van der Waals surface area contributed by atoms with Crippen molar-refractivity contribution < 1.29 is 19.1 Å². The summed E-state index contributed by atoms with van der Waals surface area (Å²) < 4.78 is 10.7. The van der Waals surface area contributed by atoms with Crippen molar-refractivity contribution >= 4 is 33.5 Å². The quantitative estimate of drug-likeness (QED) is 0.793. The summed E-state index contributed by atoms with van der Waals surface area (Å²) in [4.78, 5) is 40.5. The van der Waals surface area contributed by atoms with Crippen LogP contribution < -0.4 is 5.56 Å². The lowest BCUT2D eigenvalue weighted by Gasteiger charge is -2.12. The zero-order valence-corrected chi connectivity index (χ0v) is 12.6. The predicted molar refractivity (Wildman–Crippen MR) is 76.6 cm³/mol. The Morgan fingerprint density at radius 2 is 2.19 bits per heavy atom. The number of nitrogens with zero attached hydrogens (tertiary/aromatic N) is 2. The van der Waals surface area contributed by atoms with Gasteiger partial charge in [0.1, 0.15) is 10.9 Å². The van der Waals surface area contributed by atoms with Crippen LogP contribution >= 0.6 is 11.3 Å². The predicted octanol–water partition coefficient (Wildman–Crippen LogP) is 1.37. The number of carbonyl (C=O) groups is 2. The molecule has 0 saturated heterocycles. The Morgan fingerprint density at radius 3 is 2.81 bits per heavy atom. The summed E-state index contributed by atoms with van der Waals surface area (Å²) in [6, 6.07) is -0.825. The van der Waals surface area contributed by atoms with Gasteiger partial charge in [-0.3, -0.25) is 9.36 Å². The Bertz CT molecular complexity index is 749. The monoisotopic (exact) mass is 310 g/mol. The van der Waals surface area contributed by atoms with Crippen LogP contribution in [0.4, 0.5) is 0 Å². The summed E-state index contributed by atoms with van der Waals surface area (Å²) in [5.74, 6) is -1.14. The third-order valence-electron chi connectivity index (χ3n) is 2.97. The van der Waals surface area contributed by atoms with E-state index < -0.39 is 23.5 Å². The summed E-state index contributed by atoms with van der Waals surface area (Å²) in [6.45, 7) is 3.42. The number of hydrogen-bond acceptors (Lipinski definition) is 7. The number of thiophene rings is 1. The molecule has 21 heavy (non-hydrogen) atoms. The molecule has 2 aromatic rings. The van der Waals surface area contributed by atoms with Gasteiger partial charge in [0.15, 0.2) is 0 Å². The summed E-state index contributed by atoms with van der Waals surface area (Å²) >= 11 is 1.18. The lowest BCUT2D eigenvalue weighted by atomic mass is 10.2. The Labute approximate surface area is 124 Å². The van der Waals surface area contributed by atoms with Crippen molar-refractivity contribution in [2.24, 2.45) is 0 Å². The van der Waals surface area contributed by atoms with Crippen LogP contribution in [-0.4, -0.2) is 35.2 Å². The average Bonchev–Trinajstić information content (AvgIpc) is 2.91. The first-order valence-electron chi connectivity index (χ1n) is 6.24. The zero-order chi connectivity index (χ0) is 15.6. The van der Waals surface area contributed by atoms with E-state index in [1.807, 2.05) is 0 Å². The highest BCUT2D eigenvalue weighted by Gasteiger charge is 2.22. The van der Waals surface area contributed by atoms with E-state index in [1.54, 1.807) is 6.92 Å². The van der Waals surface area contributed by atoms with Gasteiger partial charge >= 0.3 is 11.9 Å². The molecule has 0 fully saturated rings. The van der Waals surface area contributed by atoms with Gasteiger partial charge in [0.05, 0.1) is 31.0 Å². The van der Waals surface area contributed by atoms with E-state index in [0.29, 0.717) is 4.83 Å². The molecule has 1 unspecified atom stereocenters. The van der Waals surface area contributed by atoms with E-state index >= 15 is 0 Å². The topological polar surface area (TPSA) is 87.5 Å². The van der Waals surface area contributed by atoms with Gasteiger partial charge in [-0.25, -0.2) is 14.6 Å². The Morgan fingerprint density at radius 1 is 1.48 bits per heavy atom. The fourth-order valence-corrected chi connectivity index (χ4v) is 2.73. The van der Waals surface area contributed by atoms with Gasteiger partial charge in [-0.15, -0.1) is 11.3 Å². The summed E-state index contributed by atoms with van der Waals surface area (Å²) in [7, 11) is 1.24. The van der Waals surface area contributed by atoms with Crippen LogP contribution in [0.2, 0.25) is 0 Å². The largest absolute Gasteiger partial charge is 0.467 e. The van der Waals surface area contributed by atoms with Gasteiger partial charge in [0.2, 0.25) is 0 Å².